The Morgan fingerprint density at radius 1 is 1.55 bits per heavy atom. The highest BCUT2D eigenvalue weighted by molar-refractivity contribution is 6.31. The third-order valence-electron chi connectivity index (χ3n) is 3.70. The lowest BCUT2D eigenvalue weighted by Crippen LogP contribution is -2.35. The summed E-state index contributed by atoms with van der Waals surface area (Å²) in [7, 11) is 0. The van der Waals surface area contributed by atoms with E-state index in [1.807, 2.05) is 6.92 Å². The standard InChI is InChI=1S/C14H18ClFN2O.ClH/c1-9-5-10(7-17)8-18(9)14(19)6-11-12(15)3-2-4-13(11)16;/h2-4,9-10H,5-8,17H2,1H3;1H. The molecule has 0 aliphatic carbocycles. The maximum Gasteiger partial charge on any atom is 0.227 e. The molecule has 1 heterocycles. The van der Waals surface area contributed by atoms with E-state index in [1.165, 1.54) is 12.1 Å². The summed E-state index contributed by atoms with van der Waals surface area (Å²) in [4.78, 5) is 14.0. The number of benzene rings is 1. The van der Waals surface area contributed by atoms with E-state index in [9.17, 15) is 9.18 Å². The van der Waals surface area contributed by atoms with Gasteiger partial charge in [0.2, 0.25) is 5.91 Å². The number of hydrogen-bond donors (Lipinski definition) is 1. The fourth-order valence-electron chi connectivity index (χ4n) is 2.61. The molecular weight excluding hydrogens is 302 g/mol. The Morgan fingerprint density at radius 2 is 2.25 bits per heavy atom. The molecule has 112 valence electrons. The average Bonchev–Trinajstić information content (AvgIpc) is 2.75. The molecule has 2 atom stereocenters. The summed E-state index contributed by atoms with van der Waals surface area (Å²) in [6.45, 7) is 3.23. The van der Waals surface area contributed by atoms with Crippen LogP contribution in [0.25, 0.3) is 0 Å². The van der Waals surface area contributed by atoms with Gasteiger partial charge < -0.3 is 10.6 Å². The SMILES string of the molecule is CC1CC(CN)CN1C(=O)Cc1c(F)cccc1Cl.Cl. The monoisotopic (exact) mass is 320 g/mol. The maximum absolute atomic E-state index is 13.7. The summed E-state index contributed by atoms with van der Waals surface area (Å²) in [5, 5.41) is 0.301. The van der Waals surface area contributed by atoms with E-state index in [1.54, 1.807) is 11.0 Å². The summed E-state index contributed by atoms with van der Waals surface area (Å²) >= 11 is 5.94. The summed E-state index contributed by atoms with van der Waals surface area (Å²) in [5.74, 6) is -0.173. The molecule has 20 heavy (non-hydrogen) atoms. The molecule has 1 saturated heterocycles. The smallest absolute Gasteiger partial charge is 0.227 e. The quantitative estimate of drug-likeness (QED) is 0.930. The Morgan fingerprint density at radius 3 is 2.80 bits per heavy atom. The van der Waals surface area contributed by atoms with Crippen molar-refractivity contribution in [2.24, 2.45) is 11.7 Å². The zero-order valence-corrected chi connectivity index (χ0v) is 12.9. The highest BCUT2D eigenvalue weighted by atomic mass is 35.5. The molecule has 0 radical (unpaired) electrons. The van der Waals surface area contributed by atoms with Crippen LogP contribution in [0.15, 0.2) is 18.2 Å². The molecule has 3 nitrogen and oxygen atoms in total. The minimum Gasteiger partial charge on any atom is -0.339 e. The zero-order chi connectivity index (χ0) is 14.0. The Kier molecular flexibility index (Phi) is 6.24. The Hall–Kier alpha value is -0.840. The van der Waals surface area contributed by atoms with Crippen molar-refractivity contribution >= 4 is 29.9 Å². The second-order valence-corrected chi connectivity index (χ2v) is 5.52. The fourth-order valence-corrected chi connectivity index (χ4v) is 2.84. The van der Waals surface area contributed by atoms with Crippen molar-refractivity contribution < 1.29 is 9.18 Å². The van der Waals surface area contributed by atoms with E-state index in [-0.39, 0.29) is 36.3 Å². The Balaban J connectivity index is 0.00000200. The second-order valence-electron chi connectivity index (χ2n) is 5.11. The van der Waals surface area contributed by atoms with Crippen LogP contribution in [-0.2, 0) is 11.2 Å². The van der Waals surface area contributed by atoms with Crippen molar-refractivity contribution in [3.05, 3.63) is 34.6 Å². The average molecular weight is 321 g/mol. The molecule has 0 aromatic heterocycles. The number of nitrogens with two attached hydrogens (primary N) is 1. The van der Waals surface area contributed by atoms with Crippen LogP contribution >= 0.6 is 24.0 Å². The second kappa shape index (κ2) is 7.25. The fraction of sp³-hybridized carbons (Fsp3) is 0.500. The van der Waals surface area contributed by atoms with Crippen molar-refractivity contribution in [2.75, 3.05) is 13.1 Å². The van der Waals surface area contributed by atoms with Gasteiger partial charge in [-0.15, -0.1) is 12.4 Å². The van der Waals surface area contributed by atoms with Crippen LogP contribution in [0, 0.1) is 11.7 Å². The van der Waals surface area contributed by atoms with Gasteiger partial charge in [0.25, 0.3) is 0 Å². The predicted molar refractivity (Wildman–Crippen MR) is 80.7 cm³/mol. The third kappa shape index (κ3) is 3.62. The van der Waals surface area contributed by atoms with Gasteiger partial charge in [-0.25, -0.2) is 4.39 Å². The molecule has 1 aromatic rings. The Labute approximate surface area is 129 Å². The van der Waals surface area contributed by atoms with E-state index in [0.717, 1.165) is 6.42 Å². The first-order valence-corrected chi connectivity index (χ1v) is 6.83. The van der Waals surface area contributed by atoms with Crippen molar-refractivity contribution in [2.45, 2.75) is 25.8 Å². The Bertz CT molecular complexity index is 464. The number of nitrogens with zero attached hydrogens (tertiary/aromatic N) is 1. The number of rotatable bonds is 3. The lowest BCUT2D eigenvalue weighted by Gasteiger charge is -2.22. The number of carbonyl (C=O) groups excluding carboxylic acids is 1. The summed E-state index contributed by atoms with van der Waals surface area (Å²) in [6, 6.07) is 4.62. The van der Waals surface area contributed by atoms with Gasteiger partial charge in [0.15, 0.2) is 0 Å². The number of halogens is 3. The van der Waals surface area contributed by atoms with Crippen molar-refractivity contribution in [3.63, 3.8) is 0 Å². The van der Waals surface area contributed by atoms with Crippen LogP contribution in [0.2, 0.25) is 5.02 Å². The summed E-state index contributed by atoms with van der Waals surface area (Å²) in [5.41, 5.74) is 5.92. The molecule has 0 bridgehead atoms. The highest BCUT2D eigenvalue weighted by Gasteiger charge is 2.31. The van der Waals surface area contributed by atoms with E-state index in [4.69, 9.17) is 17.3 Å². The first-order valence-electron chi connectivity index (χ1n) is 6.45. The van der Waals surface area contributed by atoms with E-state index in [2.05, 4.69) is 0 Å². The number of amides is 1. The largest absolute Gasteiger partial charge is 0.339 e. The number of hydrogen-bond acceptors (Lipinski definition) is 2. The van der Waals surface area contributed by atoms with Gasteiger partial charge in [0.1, 0.15) is 5.82 Å². The van der Waals surface area contributed by atoms with Crippen molar-refractivity contribution in [3.8, 4) is 0 Å². The molecule has 1 aliphatic rings. The minimum absolute atomic E-state index is 0. The van der Waals surface area contributed by atoms with Gasteiger partial charge in [0.05, 0.1) is 6.42 Å². The van der Waals surface area contributed by atoms with Gasteiger partial charge in [-0.05, 0) is 37.9 Å². The molecule has 2 rings (SSSR count). The van der Waals surface area contributed by atoms with Crippen LogP contribution < -0.4 is 5.73 Å². The molecule has 1 aliphatic heterocycles. The van der Waals surface area contributed by atoms with Gasteiger partial charge >= 0.3 is 0 Å². The van der Waals surface area contributed by atoms with Crippen LogP contribution in [0.4, 0.5) is 4.39 Å². The first kappa shape index (κ1) is 17.2. The molecule has 0 saturated carbocycles. The zero-order valence-electron chi connectivity index (χ0n) is 11.3. The van der Waals surface area contributed by atoms with Gasteiger partial charge in [0, 0.05) is 23.2 Å². The van der Waals surface area contributed by atoms with Crippen LogP contribution in [0.3, 0.4) is 0 Å². The van der Waals surface area contributed by atoms with Crippen LogP contribution in [0.5, 0.6) is 0 Å². The first-order chi connectivity index (χ1) is 9.02. The van der Waals surface area contributed by atoms with Crippen molar-refractivity contribution in [1.29, 1.82) is 0 Å². The highest BCUT2D eigenvalue weighted by Crippen LogP contribution is 2.25. The molecule has 2 N–H and O–H groups in total. The van der Waals surface area contributed by atoms with Gasteiger partial charge in [-0.1, -0.05) is 17.7 Å². The number of likely N-dealkylation sites (tertiary alicyclic amines) is 1. The van der Waals surface area contributed by atoms with E-state index >= 15 is 0 Å². The predicted octanol–water partition coefficient (Wildman–Crippen LogP) is 2.64. The summed E-state index contributed by atoms with van der Waals surface area (Å²) < 4.78 is 13.7. The van der Waals surface area contributed by atoms with Crippen LogP contribution in [-0.4, -0.2) is 29.9 Å². The van der Waals surface area contributed by atoms with Crippen LogP contribution in [0.1, 0.15) is 18.9 Å². The molecular formula is C14H19Cl2FN2O. The van der Waals surface area contributed by atoms with E-state index in [0.29, 0.717) is 24.0 Å². The number of carbonyl (C=O) groups is 1. The van der Waals surface area contributed by atoms with Gasteiger partial charge in [-0.3, -0.25) is 4.79 Å². The van der Waals surface area contributed by atoms with Crippen molar-refractivity contribution in [1.82, 2.24) is 4.90 Å². The van der Waals surface area contributed by atoms with Gasteiger partial charge in [-0.2, -0.15) is 0 Å². The molecule has 6 heteroatoms. The normalized spacial score (nSPS) is 21.7. The minimum atomic E-state index is -0.428. The molecule has 2 unspecified atom stereocenters. The third-order valence-corrected chi connectivity index (χ3v) is 4.06. The topological polar surface area (TPSA) is 46.3 Å². The molecule has 1 amide bonds. The lowest BCUT2D eigenvalue weighted by atomic mass is 10.1. The maximum atomic E-state index is 13.7. The molecule has 1 fully saturated rings. The molecule has 0 spiro atoms. The lowest BCUT2D eigenvalue weighted by molar-refractivity contribution is -0.131. The van der Waals surface area contributed by atoms with E-state index < -0.39 is 5.82 Å². The molecule has 1 aromatic carbocycles. The summed E-state index contributed by atoms with van der Waals surface area (Å²) in [6.07, 6.45) is 0.917.